The van der Waals surface area contributed by atoms with Crippen LogP contribution in [0.5, 0.6) is 0 Å². The van der Waals surface area contributed by atoms with E-state index in [-0.39, 0.29) is 6.54 Å². The van der Waals surface area contributed by atoms with Crippen molar-refractivity contribution in [2.75, 3.05) is 13.1 Å². The fourth-order valence-corrected chi connectivity index (χ4v) is 1.44. The Morgan fingerprint density at radius 1 is 1.15 bits per heavy atom. The van der Waals surface area contributed by atoms with Gasteiger partial charge in [0.2, 0.25) is 11.8 Å². The van der Waals surface area contributed by atoms with E-state index in [1.165, 1.54) is 12.2 Å². The largest absolute Gasteiger partial charge is 0.480 e. The third kappa shape index (κ3) is 6.01. The number of aliphatic carboxylic acids is 1. The van der Waals surface area contributed by atoms with Crippen molar-refractivity contribution in [2.45, 2.75) is 0 Å². The summed E-state index contributed by atoms with van der Waals surface area (Å²) in [6, 6.07) is 6.99. The minimum absolute atomic E-state index is 0.293. The number of hydrogen-bond donors (Lipinski definition) is 3. The molecule has 2 amide bonds. The molecule has 3 N–H and O–H groups in total. The van der Waals surface area contributed by atoms with Gasteiger partial charge in [-0.15, -0.1) is 0 Å². The normalized spacial score (nSPS) is 10.2. The number of carboxylic acids is 1. The molecule has 7 heteroatoms. The van der Waals surface area contributed by atoms with Crippen LogP contribution < -0.4 is 10.6 Å². The lowest BCUT2D eigenvalue weighted by atomic mass is 10.2. The van der Waals surface area contributed by atoms with Crippen LogP contribution in [-0.4, -0.2) is 36.0 Å². The summed E-state index contributed by atoms with van der Waals surface area (Å²) in [5.41, 5.74) is 0.680. The van der Waals surface area contributed by atoms with Crippen LogP contribution in [0.2, 0.25) is 5.02 Å². The van der Waals surface area contributed by atoms with Crippen molar-refractivity contribution >= 4 is 35.5 Å². The van der Waals surface area contributed by atoms with Crippen LogP contribution in [0.1, 0.15) is 5.56 Å². The maximum absolute atomic E-state index is 11.4. The van der Waals surface area contributed by atoms with Crippen molar-refractivity contribution in [3.8, 4) is 0 Å². The molecule has 20 heavy (non-hydrogen) atoms. The smallest absolute Gasteiger partial charge is 0.322 e. The highest BCUT2D eigenvalue weighted by molar-refractivity contribution is 6.32. The van der Waals surface area contributed by atoms with Crippen LogP contribution in [0, 0.1) is 0 Å². The number of hydrogen-bond acceptors (Lipinski definition) is 3. The first-order valence-corrected chi connectivity index (χ1v) is 6.06. The standard InChI is InChI=1S/C13H13ClN2O4/c14-10-4-2-1-3-9(10)5-6-11(17)15-7-12(18)16-8-13(19)20/h1-6H,7-8H2,(H,15,17)(H,16,18)(H,19,20)/b6-5+. The summed E-state index contributed by atoms with van der Waals surface area (Å²) in [5.74, 6) is -2.20. The predicted octanol–water partition coefficient (Wildman–Crippen LogP) is 0.670. The maximum Gasteiger partial charge on any atom is 0.322 e. The summed E-state index contributed by atoms with van der Waals surface area (Å²) in [5, 5.41) is 13.3. The van der Waals surface area contributed by atoms with E-state index in [0.29, 0.717) is 10.6 Å². The molecule has 1 rings (SSSR count). The fraction of sp³-hybridized carbons (Fsp3) is 0.154. The van der Waals surface area contributed by atoms with E-state index in [1.807, 2.05) is 0 Å². The Morgan fingerprint density at radius 3 is 2.50 bits per heavy atom. The number of carbonyl (C=O) groups is 3. The summed E-state index contributed by atoms with van der Waals surface area (Å²) < 4.78 is 0. The molecule has 0 saturated heterocycles. The molecule has 1 aromatic carbocycles. The molecule has 106 valence electrons. The molecule has 0 saturated carbocycles. The zero-order valence-electron chi connectivity index (χ0n) is 10.4. The molecule has 0 aliphatic carbocycles. The Morgan fingerprint density at radius 2 is 1.85 bits per heavy atom. The molecule has 0 bridgehead atoms. The van der Waals surface area contributed by atoms with E-state index in [0.717, 1.165) is 0 Å². The van der Waals surface area contributed by atoms with Gasteiger partial charge in [-0.1, -0.05) is 29.8 Å². The molecular weight excluding hydrogens is 284 g/mol. The topological polar surface area (TPSA) is 95.5 Å². The monoisotopic (exact) mass is 296 g/mol. The van der Waals surface area contributed by atoms with Gasteiger partial charge < -0.3 is 15.7 Å². The average molecular weight is 297 g/mol. The molecule has 0 aromatic heterocycles. The first-order valence-electron chi connectivity index (χ1n) is 5.68. The van der Waals surface area contributed by atoms with Gasteiger partial charge in [0.1, 0.15) is 6.54 Å². The van der Waals surface area contributed by atoms with Gasteiger partial charge in [-0.2, -0.15) is 0 Å². The van der Waals surface area contributed by atoms with Gasteiger partial charge in [0.15, 0.2) is 0 Å². The number of carboxylic acid groups (broad SMARTS) is 1. The van der Waals surface area contributed by atoms with Gasteiger partial charge in [0.25, 0.3) is 0 Å². The van der Waals surface area contributed by atoms with E-state index in [2.05, 4.69) is 10.6 Å². The van der Waals surface area contributed by atoms with Gasteiger partial charge in [0, 0.05) is 11.1 Å². The van der Waals surface area contributed by atoms with Crippen molar-refractivity contribution in [3.05, 3.63) is 40.9 Å². The van der Waals surface area contributed by atoms with Crippen molar-refractivity contribution in [1.29, 1.82) is 0 Å². The molecule has 0 aliphatic heterocycles. The number of halogens is 1. The Bertz CT molecular complexity index is 543. The average Bonchev–Trinajstić information content (AvgIpc) is 2.42. The fourth-order valence-electron chi connectivity index (χ4n) is 1.24. The highest BCUT2D eigenvalue weighted by Gasteiger charge is 2.04. The molecule has 0 aliphatic rings. The Labute approximate surface area is 120 Å². The molecule has 0 atom stereocenters. The summed E-state index contributed by atoms with van der Waals surface area (Å²) in [6.07, 6.45) is 2.76. The van der Waals surface area contributed by atoms with Gasteiger partial charge in [-0.3, -0.25) is 14.4 Å². The van der Waals surface area contributed by atoms with Crippen LogP contribution in [0.3, 0.4) is 0 Å². The highest BCUT2D eigenvalue weighted by atomic mass is 35.5. The summed E-state index contributed by atoms with van der Waals surface area (Å²) in [7, 11) is 0. The van der Waals surface area contributed by atoms with Gasteiger partial charge in [0.05, 0.1) is 6.54 Å². The Balaban J connectivity index is 2.39. The van der Waals surface area contributed by atoms with E-state index >= 15 is 0 Å². The van der Waals surface area contributed by atoms with Crippen molar-refractivity contribution in [1.82, 2.24) is 10.6 Å². The third-order valence-corrected chi connectivity index (χ3v) is 2.52. The zero-order chi connectivity index (χ0) is 15.0. The minimum atomic E-state index is -1.15. The van der Waals surface area contributed by atoms with E-state index in [4.69, 9.17) is 16.7 Å². The molecule has 0 unspecified atom stereocenters. The van der Waals surface area contributed by atoms with Crippen molar-refractivity contribution in [2.24, 2.45) is 0 Å². The minimum Gasteiger partial charge on any atom is -0.480 e. The second kappa shape index (κ2) is 7.96. The lowest BCUT2D eigenvalue weighted by Gasteiger charge is -2.03. The highest BCUT2D eigenvalue weighted by Crippen LogP contribution is 2.15. The van der Waals surface area contributed by atoms with Gasteiger partial charge >= 0.3 is 5.97 Å². The van der Waals surface area contributed by atoms with Gasteiger partial charge in [-0.05, 0) is 17.7 Å². The zero-order valence-corrected chi connectivity index (χ0v) is 11.2. The number of rotatable bonds is 6. The van der Waals surface area contributed by atoms with E-state index in [9.17, 15) is 14.4 Å². The number of nitrogens with one attached hydrogen (secondary N) is 2. The van der Waals surface area contributed by atoms with Gasteiger partial charge in [-0.25, -0.2) is 0 Å². The molecule has 1 aromatic rings. The van der Waals surface area contributed by atoms with E-state index < -0.39 is 24.3 Å². The Kier molecular flexibility index (Phi) is 6.25. The van der Waals surface area contributed by atoms with Crippen LogP contribution >= 0.6 is 11.6 Å². The first kappa shape index (κ1) is 15.7. The Hall–Kier alpha value is -2.34. The van der Waals surface area contributed by atoms with Crippen LogP contribution in [0.4, 0.5) is 0 Å². The second-order valence-corrected chi connectivity index (χ2v) is 4.15. The molecule has 0 radical (unpaired) electrons. The summed E-state index contributed by atoms with van der Waals surface area (Å²) >= 11 is 5.90. The van der Waals surface area contributed by atoms with Crippen LogP contribution in [0.25, 0.3) is 6.08 Å². The van der Waals surface area contributed by atoms with E-state index in [1.54, 1.807) is 24.3 Å². The SMILES string of the molecule is O=C(O)CNC(=O)CNC(=O)/C=C/c1ccccc1Cl. The lowest BCUT2D eigenvalue weighted by Crippen LogP contribution is -2.38. The van der Waals surface area contributed by atoms with Crippen LogP contribution in [-0.2, 0) is 14.4 Å². The number of carbonyl (C=O) groups excluding carboxylic acids is 2. The first-order chi connectivity index (χ1) is 9.49. The maximum atomic E-state index is 11.4. The summed E-state index contributed by atoms with van der Waals surface area (Å²) in [6.45, 7) is -0.775. The van der Waals surface area contributed by atoms with Crippen molar-refractivity contribution in [3.63, 3.8) is 0 Å². The quantitative estimate of drug-likeness (QED) is 0.672. The molecule has 0 spiro atoms. The molecular formula is C13H13ClN2O4. The lowest BCUT2D eigenvalue weighted by molar-refractivity contribution is -0.137. The molecule has 0 heterocycles. The molecule has 0 fully saturated rings. The number of benzene rings is 1. The summed E-state index contributed by atoms with van der Waals surface area (Å²) in [4.78, 5) is 32.8. The van der Waals surface area contributed by atoms with Crippen LogP contribution in [0.15, 0.2) is 30.3 Å². The number of amides is 2. The second-order valence-electron chi connectivity index (χ2n) is 3.74. The molecule has 6 nitrogen and oxygen atoms in total. The third-order valence-electron chi connectivity index (χ3n) is 2.18. The van der Waals surface area contributed by atoms with Crippen molar-refractivity contribution < 1.29 is 19.5 Å². The predicted molar refractivity (Wildman–Crippen MR) is 74.1 cm³/mol.